The molecule has 1 N–H and O–H groups in total. The molecule has 0 aromatic carbocycles. The Hall–Kier alpha value is -0.520. The van der Waals surface area contributed by atoms with Gasteiger partial charge in [0, 0.05) is 18.0 Å². The molecule has 0 aromatic rings. The van der Waals surface area contributed by atoms with E-state index < -0.39 is 0 Å². The van der Waals surface area contributed by atoms with Gasteiger partial charge in [-0.3, -0.25) is 0 Å². The normalized spacial score (nSPS) is 29.2. The van der Waals surface area contributed by atoms with Crippen LogP contribution in [0.3, 0.4) is 0 Å². The zero-order chi connectivity index (χ0) is 14.3. The highest BCUT2D eigenvalue weighted by Crippen LogP contribution is 2.39. The van der Waals surface area contributed by atoms with Crippen molar-refractivity contribution in [1.82, 2.24) is 10.2 Å². The van der Waals surface area contributed by atoms with Gasteiger partial charge in [-0.15, -0.1) is 12.3 Å². The molecule has 0 radical (unpaired) electrons. The average Bonchev–Trinajstić information content (AvgIpc) is 2.38. The molecule has 1 fully saturated rings. The summed E-state index contributed by atoms with van der Waals surface area (Å²) in [5, 5.41) is 3.78. The van der Waals surface area contributed by atoms with Crippen molar-refractivity contribution in [1.29, 1.82) is 0 Å². The number of rotatable bonds is 7. The van der Waals surface area contributed by atoms with Crippen molar-refractivity contribution in [2.75, 3.05) is 20.6 Å². The van der Waals surface area contributed by atoms with Gasteiger partial charge in [-0.2, -0.15) is 0 Å². The minimum atomic E-state index is 0.295. The second-order valence-corrected chi connectivity index (χ2v) is 6.45. The van der Waals surface area contributed by atoms with E-state index in [1.807, 2.05) is 0 Å². The van der Waals surface area contributed by atoms with Crippen LogP contribution in [-0.4, -0.2) is 37.1 Å². The van der Waals surface area contributed by atoms with Gasteiger partial charge in [-0.1, -0.05) is 26.7 Å². The molecule has 1 rings (SSSR count). The molecule has 2 heteroatoms. The van der Waals surface area contributed by atoms with E-state index in [1.165, 1.54) is 32.1 Å². The lowest BCUT2D eigenvalue weighted by molar-refractivity contribution is 0.0348. The zero-order valence-corrected chi connectivity index (χ0v) is 13.3. The number of hydrogen-bond donors (Lipinski definition) is 1. The van der Waals surface area contributed by atoms with Crippen molar-refractivity contribution >= 4 is 0 Å². The lowest BCUT2D eigenvalue weighted by Gasteiger charge is -2.50. The van der Waals surface area contributed by atoms with E-state index in [0.29, 0.717) is 11.6 Å². The average molecular weight is 264 g/mol. The van der Waals surface area contributed by atoms with Gasteiger partial charge in [0.2, 0.25) is 0 Å². The van der Waals surface area contributed by atoms with Gasteiger partial charge in [-0.25, -0.2) is 0 Å². The van der Waals surface area contributed by atoms with Crippen LogP contribution in [0.1, 0.15) is 58.8 Å². The largest absolute Gasteiger partial charge is 0.312 e. The van der Waals surface area contributed by atoms with Gasteiger partial charge in [0.25, 0.3) is 0 Å². The van der Waals surface area contributed by atoms with E-state index in [2.05, 4.69) is 44.1 Å². The molecule has 1 saturated carbocycles. The predicted octanol–water partition coefficient (Wildman–Crippen LogP) is 3.28. The van der Waals surface area contributed by atoms with E-state index in [0.717, 1.165) is 25.3 Å². The smallest absolute Gasteiger partial charge is 0.0359 e. The highest BCUT2D eigenvalue weighted by molar-refractivity contribution is 5.03. The second-order valence-electron chi connectivity index (χ2n) is 6.45. The quantitative estimate of drug-likeness (QED) is 0.710. The summed E-state index contributed by atoms with van der Waals surface area (Å²) in [6.45, 7) is 5.73. The molecule has 1 aliphatic rings. The van der Waals surface area contributed by atoms with Crippen LogP contribution >= 0.6 is 0 Å². The fourth-order valence-corrected chi connectivity index (χ4v) is 3.71. The number of nitrogens with one attached hydrogen (secondary N) is 1. The van der Waals surface area contributed by atoms with Crippen molar-refractivity contribution in [2.24, 2.45) is 5.92 Å². The Kier molecular flexibility index (Phi) is 6.89. The maximum atomic E-state index is 5.49. The van der Waals surface area contributed by atoms with Gasteiger partial charge >= 0.3 is 0 Å². The molecule has 0 saturated heterocycles. The van der Waals surface area contributed by atoms with Crippen LogP contribution in [0.4, 0.5) is 0 Å². The summed E-state index contributed by atoms with van der Waals surface area (Å²) in [5.74, 6) is 3.65. The summed E-state index contributed by atoms with van der Waals surface area (Å²) in [6, 6.07) is 0.529. The Morgan fingerprint density at radius 1 is 1.47 bits per heavy atom. The maximum absolute atomic E-state index is 5.49. The standard InChI is InChI=1S/C17H32N2/c1-6-8-11-16(18-13-7-2)17(19(4)5)12-9-10-15(3)14-17/h1,15-16,18H,7-14H2,2-5H3. The highest BCUT2D eigenvalue weighted by Gasteiger charge is 2.42. The van der Waals surface area contributed by atoms with Gasteiger partial charge in [0.1, 0.15) is 0 Å². The molecule has 1 aliphatic carbocycles. The molecule has 3 atom stereocenters. The number of likely N-dealkylation sites (N-methyl/N-ethyl adjacent to an activating group) is 1. The third-order valence-corrected chi connectivity index (χ3v) is 4.77. The first-order chi connectivity index (χ1) is 9.06. The molecular weight excluding hydrogens is 232 g/mol. The summed E-state index contributed by atoms with van der Waals surface area (Å²) < 4.78 is 0. The van der Waals surface area contributed by atoms with Gasteiger partial charge in [0.15, 0.2) is 0 Å². The Morgan fingerprint density at radius 3 is 2.74 bits per heavy atom. The van der Waals surface area contributed by atoms with E-state index in [1.54, 1.807) is 0 Å². The molecule has 0 spiro atoms. The fourth-order valence-electron chi connectivity index (χ4n) is 3.71. The summed E-state index contributed by atoms with van der Waals surface area (Å²) in [6.07, 6.45) is 14.0. The fraction of sp³-hybridized carbons (Fsp3) is 0.882. The SMILES string of the molecule is C#CCCC(NCCC)C1(N(C)C)CCCC(C)C1. The maximum Gasteiger partial charge on any atom is 0.0359 e. The number of terminal acetylenes is 1. The first-order valence-electron chi connectivity index (χ1n) is 7.91. The number of nitrogens with zero attached hydrogens (tertiary/aromatic N) is 1. The first-order valence-corrected chi connectivity index (χ1v) is 7.91. The lowest BCUT2D eigenvalue weighted by Crippen LogP contribution is -2.61. The van der Waals surface area contributed by atoms with Crippen molar-refractivity contribution in [2.45, 2.75) is 70.4 Å². The summed E-state index contributed by atoms with van der Waals surface area (Å²) >= 11 is 0. The third-order valence-electron chi connectivity index (χ3n) is 4.77. The molecule has 0 bridgehead atoms. The van der Waals surface area contributed by atoms with Crippen LogP contribution in [0, 0.1) is 18.3 Å². The van der Waals surface area contributed by atoms with Crippen LogP contribution in [0.15, 0.2) is 0 Å². The Labute approximate surface area is 120 Å². The Balaban J connectivity index is 2.86. The zero-order valence-electron chi connectivity index (χ0n) is 13.3. The topological polar surface area (TPSA) is 15.3 Å². The van der Waals surface area contributed by atoms with Crippen LogP contribution < -0.4 is 5.32 Å². The van der Waals surface area contributed by atoms with E-state index in [-0.39, 0.29) is 0 Å². The minimum absolute atomic E-state index is 0.295. The summed E-state index contributed by atoms with van der Waals surface area (Å²) in [5.41, 5.74) is 0.295. The molecular formula is C17H32N2. The van der Waals surface area contributed by atoms with E-state index in [9.17, 15) is 0 Å². The second kappa shape index (κ2) is 7.92. The van der Waals surface area contributed by atoms with Crippen LogP contribution in [-0.2, 0) is 0 Å². The third kappa shape index (κ3) is 4.23. The lowest BCUT2D eigenvalue weighted by atomic mass is 9.70. The molecule has 0 aliphatic heterocycles. The molecule has 110 valence electrons. The van der Waals surface area contributed by atoms with Crippen molar-refractivity contribution in [3.05, 3.63) is 0 Å². The van der Waals surface area contributed by atoms with Crippen LogP contribution in [0.2, 0.25) is 0 Å². The highest BCUT2D eigenvalue weighted by atomic mass is 15.2. The molecule has 19 heavy (non-hydrogen) atoms. The van der Waals surface area contributed by atoms with Crippen LogP contribution in [0.5, 0.6) is 0 Å². The molecule has 0 heterocycles. The molecule has 2 nitrogen and oxygen atoms in total. The van der Waals surface area contributed by atoms with Crippen molar-refractivity contribution in [3.8, 4) is 12.3 Å². The first kappa shape index (κ1) is 16.5. The Bertz CT molecular complexity index is 292. The Morgan fingerprint density at radius 2 is 2.21 bits per heavy atom. The van der Waals surface area contributed by atoms with E-state index in [4.69, 9.17) is 6.42 Å². The van der Waals surface area contributed by atoms with Gasteiger partial charge < -0.3 is 10.2 Å². The van der Waals surface area contributed by atoms with Gasteiger partial charge in [-0.05, 0) is 52.2 Å². The predicted molar refractivity (Wildman–Crippen MR) is 84.2 cm³/mol. The van der Waals surface area contributed by atoms with Crippen molar-refractivity contribution in [3.63, 3.8) is 0 Å². The van der Waals surface area contributed by atoms with E-state index >= 15 is 0 Å². The van der Waals surface area contributed by atoms with Gasteiger partial charge in [0.05, 0.1) is 0 Å². The minimum Gasteiger partial charge on any atom is -0.312 e. The molecule has 3 unspecified atom stereocenters. The number of hydrogen-bond acceptors (Lipinski definition) is 2. The molecule has 0 amide bonds. The molecule has 0 aromatic heterocycles. The van der Waals surface area contributed by atoms with Crippen LogP contribution in [0.25, 0.3) is 0 Å². The summed E-state index contributed by atoms with van der Waals surface area (Å²) in [7, 11) is 4.49. The van der Waals surface area contributed by atoms with Crippen molar-refractivity contribution < 1.29 is 0 Å². The monoisotopic (exact) mass is 264 g/mol. The summed E-state index contributed by atoms with van der Waals surface area (Å²) in [4.78, 5) is 2.46.